The molecule has 2 aromatic rings. The van der Waals surface area contributed by atoms with Crippen molar-refractivity contribution in [3.63, 3.8) is 0 Å². The van der Waals surface area contributed by atoms with Gasteiger partial charge in [-0.15, -0.1) is 0 Å². The predicted octanol–water partition coefficient (Wildman–Crippen LogP) is 3.24. The number of nitrogens with zero attached hydrogens (tertiary/aromatic N) is 3. The van der Waals surface area contributed by atoms with Crippen LogP contribution in [0.3, 0.4) is 0 Å². The number of pyridine rings is 1. The van der Waals surface area contributed by atoms with Crippen molar-refractivity contribution < 1.29 is 9.72 Å². The summed E-state index contributed by atoms with van der Waals surface area (Å²) in [5.41, 5.74) is 1.45. The molecule has 7 heteroatoms. The molecule has 0 aliphatic carbocycles. The number of aromatic nitrogens is 1. The van der Waals surface area contributed by atoms with Crippen molar-refractivity contribution in [1.29, 1.82) is 0 Å². The summed E-state index contributed by atoms with van der Waals surface area (Å²) in [6.45, 7) is 0.501. The van der Waals surface area contributed by atoms with Gasteiger partial charge >= 0.3 is 0 Å². The quantitative estimate of drug-likeness (QED) is 0.629. The molecule has 1 aromatic heterocycles. The largest absolute Gasteiger partial charge is 0.306 e. The Morgan fingerprint density at radius 2 is 2.18 bits per heavy atom. The van der Waals surface area contributed by atoms with Crippen LogP contribution in [0, 0.1) is 10.1 Å². The van der Waals surface area contributed by atoms with Crippen LogP contribution >= 0.6 is 11.6 Å². The van der Waals surface area contributed by atoms with Crippen molar-refractivity contribution in [2.45, 2.75) is 12.8 Å². The summed E-state index contributed by atoms with van der Waals surface area (Å²) in [5, 5.41) is 11.6. The number of hydrogen-bond donors (Lipinski definition) is 0. The Balaban J connectivity index is 2.03. The normalized spacial score (nSPS) is 13.6. The van der Waals surface area contributed by atoms with Gasteiger partial charge in [0.1, 0.15) is 5.69 Å². The van der Waals surface area contributed by atoms with Crippen LogP contribution in [0.25, 0.3) is 0 Å². The number of benzene rings is 1. The van der Waals surface area contributed by atoms with Gasteiger partial charge in [-0.25, -0.2) is 0 Å². The van der Waals surface area contributed by atoms with Crippen molar-refractivity contribution in [2.75, 3.05) is 11.4 Å². The molecular weight excluding hydrogens is 306 g/mol. The zero-order valence-electron chi connectivity index (χ0n) is 11.5. The Bertz CT molecular complexity index is 763. The Kier molecular flexibility index (Phi) is 3.77. The molecule has 0 bridgehead atoms. The molecule has 2 heterocycles. The number of nitro benzene ring substituents is 1. The first kappa shape index (κ1) is 14.5. The number of rotatable bonds is 2. The molecule has 1 aliphatic rings. The van der Waals surface area contributed by atoms with E-state index in [1.165, 1.54) is 23.2 Å². The van der Waals surface area contributed by atoms with Crippen molar-refractivity contribution in [3.8, 4) is 0 Å². The molecule has 0 saturated heterocycles. The fourth-order valence-electron chi connectivity index (χ4n) is 2.65. The van der Waals surface area contributed by atoms with Gasteiger partial charge in [-0.1, -0.05) is 17.7 Å². The van der Waals surface area contributed by atoms with Crippen LogP contribution in [0.2, 0.25) is 5.02 Å². The van der Waals surface area contributed by atoms with E-state index in [1.807, 2.05) is 0 Å². The molecule has 0 radical (unpaired) electrons. The summed E-state index contributed by atoms with van der Waals surface area (Å²) < 4.78 is 0. The first-order valence-electron chi connectivity index (χ1n) is 6.77. The molecule has 0 spiro atoms. The van der Waals surface area contributed by atoms with Crippen LogP contribution in [0.1, 0.15) is 22.5 Å². The second kappa shape index (κ2) is 5.73. The van der Waals surface area contributed by atoms with Gasteiger partial charge in [0, 0.05) is 23.8 Å². The maximum Gasteiger partial charge on any atom is 0.276 e. The second-order valence-electron chi connectivity index (χ2n) is 4.95. The smallest absolute Gasteiger partial charge is 0.276 e. The van der Waals surface area contributed by atoms with E-state index in [9.17, 15) is 14.9 Å². The highest BCUT2D eigenvalue weighted by atomic mass is 35.5. The lowest BCUT2D eigenvalue weighted by atomic mass is 9.99. The van der Waals surface area contributed by atoms with E-state index in [0.29, 0.717) is 35.7 Å². The first-order valence-corrected chi connectivity index (χ1v) is 7.15. The van der Waals surface area contributed by atoms with Crippen LogP contribution in [0.4, 0.5) is 11.4 Å². The topological polar surface area (TPSA) is 76.3 Å². The summed E-state index contributed by atoms with van der Waals surface area (Å²) in [5.74, 6) is -0.302. The van der Waals surface area contributed by atoms with Crippen LogP contribution in [0.5, 0.6) is 0 Å². The van der Waals surface area contributed by atoms with E-state index < -0.39 is 4.92 Å². The first-order chi connectivity index (χ1) is 10.6. The third kappa shape index (κ3) is 2.53. The highest BCUT2D eigenvalue weighted by molar-refractivity contribution is 6.31. The zero-order valence-corrected chi connectivity index (χ0v) is 12.3. The Labute approximate surface area is 131 Å². The van der Waals surface area contributed by atoms with Crippen molar-refractivity contribution >= 4 is 28.9 Å². The van der Waals surface area contributed by atoms with Crippen LogP contribution < -0.4 is 4.90 Å². The predicted molar refractivity (Wildman–Crippen MR) is 82.3 cm³/mol. The summed E-state index contributed by atoms with van der Waals surface area (Å²) >= 11 is 5.89. The van der Waals surface area contributed by atoms with E-state index in [4.69, 9.17) is 11.6 Å². The fourth-order valence-corrected chi connectivity index (χ4v) is 2.81. The zero-order chi connectivity index (χ0) is 15.7. The molecule has 1 aliphatic heterocycles. The third-order valence-corrected chi connectivity index (χ3v) is 3.84. The minimum atomic E-state index is -0.412. The molecule has 0 atom stereocenters. The molecule has 0 unspecified atom stereocenters. The minimum absolute atomic E-state index is 0.0500. The second-order valence-corrected chi connectivity index (χ2v) is 5.39. The Morgan fingerprint density at radius 3 is 2.91 bits per heavy atom. The molecule has 112 valence electrons. The van der Waals surface area contributed by atoms with E-state index in [-0.39, 0.29) is 17.3 Å². The molecule has 3 rings (SSSR count). The van der Waals surface area contributed by atoms with Crippen LogP contribution in [-0.2, 0) is 6.42 Å². The summed E-state index contributed by atoms with van der Waals surface area (Å²) in [4.78, 5) is 28.9. The van der Waals surface area contributed by atoms with E-state index in [0.717, 1.165) is 0 Å². The van der Waals surface area contributed by atoms with Crippen molar-refractivity contribution in [3.05, 3.63) is 62.9 Å². The van der Waals surface area contributed by atoms with Gasteiger partial charge in [-0.05, 0) is 31.0 Å². The lowest BCUT2D eigenvalue weighted by Crippen LogP contribution is -2.36. The average Bonchev–Trinajstić information content (AvgIpc) is 2.53. The lowest BCUT2D eigenvalue weighted by Gasteiger charge is -2.28. The number of nitro groups is 1. The van der Waals surface area contributed by atoms with E-state index in [1.54, 1.807) is 18.2 Å². The number of carbonyl (C=O) groups is 1. The Morgan fingerprint density at radius 1 is 1.36 bits per heavy atom. The van der Waals surface area contributed by atoms with Gasteiger partial charge in [0.05, 0.1) is 16.2 Å². The average molecular weight is 318 g/mol. The monoisotopic (exact) mass is 317 g/mol. The van der Waals surface area contributed by atoms with E-state index in [2.05, 4.69) is 4.98 Å². The minimum Gasteiger partial charge on any atom is -0.306 e. The van der Waals surface area contributed by atoms with Gasteiger partial charge in [0.25, 0.3) is 11.6 Å². The summed E-state index contributed by atoms with van der Waals surface area (Å²) in [7, 11) is 0. The Hall–Kier alpha value is -2.47. The van der Waals surface area contributed by atoms with Crippen LogP contribution in [-0.4, -0.2) is 22.4 Å². The number of fused-ring (bicyclic) bond motifs is 1. The maximum atomic E-state index is 12.6. The van der Waals surface area contributed by atoms with E-state index >= 15 is 0 Å². The standard InChI is InChI=1S/C15H12ClN3O3/c16-10-6-7-17-12(9-10)15(20)18-8-2-3-11-13(18)4-1-5-14(11)19(21)22/h1,4-7,9H,2-3,8H2. The molecule has 0 saturated carbocycles. The molecule has 0 N–H and O–H groups in total. The van der Waals surface area contributed by atoms with Gasteiger partial charge < -0.3 is 4.90 Å². The molecule has 1 amide bonds. The van der Waals surface area contributed by atoms with Crippen molar-refractivity contribution in [2.24, 2.45) is 0 Å². The van der Waals surface area contributed by atoms with Gasteiger partial charge in [-0.3, -0.25) is 19.9 Å². The number of halogens is 1. The summed E-state index contributed by atoms with van der Waals surface area (Å²) in [6.07, 6.45) is 2.72. The molecule has 6 nitrogen and oxygen atoms in total. The third-order valence-electron chi connectivity index (χ3n) is 3.61. The highest BCUT2D eigenvalue weighted by Gasteiger charge is 2.29. The summed E-state index contributed by atoms with van der Waals surface area (Å²) in [6, 6.07) is 7.87. The van der Waals surface area contributed by atoms with Crippen LogP contribution in [0.15, 0.2) is 36.5 Å². The van der Waals surface area contributed by atoms with Crippen molar-refractivity contribution in [1.82, 2.24) is 4.98 Å². The number of anilines is 1. The molecule has 1 aromatic carbocycles. The highest BCUT2D eigenvalue weighted by Crippen LogP contribution is 2.34. The number of carbonyl (C=O) groups excluding carboxylic acids is 1. The van der Waals surface area contributed by atoms with Gasteiger partial charge in [0.2, 0.25) is 0 Å². The molecular formula is C15H12ClN3O3. The molecule has 0 fully saturated rings. The number of amides is 1. The van der Waals surface area contributed by atoms with Gasteiger partial charge in [-0.2, -0.15) is 0 Å². The lowest BCUT2D eigenvalue weighted by molar-refractivity contribution is -0.385. The fraction of sp³-hybridized carbons (Fsp3) is 0.200. The molecule has 22 heavy (non-hydrogen) atoms. The van der Waals surface area contributed by atoms with Gasteiger partial charge in [0.15, 0.2) is 0 Å². The number of hydrogen-bond acceptors (Lipinski definition) is 4. The maximum absolute atomic E-state index is 12.6. The SMILES string of the molecule is O=C(c1cc(Cl)ccn1)N1CCCc2c1cccc2[N+](=O)[O-].